The molecular weight excluding hydrogens is 817 g/mol. The van der Waals surface area contributed by atoms with Gasteiger partial charge in [0.2, 0.25) is 0 Å². The molecular formula is C60H116O6. The Bertz CT molecular complexity index is 1030. The Morgan fingerprint density at radius 2 is 0.485 bits per heavy atom. The highest BCUT2D eigenvalue weighted by atomic mass is 16.6. The zero-order valence-corrected chi connectivity index (χ0v) is 45.5. The fourth-order valence-electron chi connectivity index (χ4n) is 9.08. The summed E-state index contributed by atoms with van der Waals surface area (Å²) in [6.07, 6.45) is 53.7. The molecule has 0 aromatic heterocycles. The van der Waals surface area contributed by atoms with Gasteiger partial charge in [0.25, 0.3) is 0 Å². The van der Waals surface area contributed by atoms with Crippen molar-refractivity contribution in [3.8, 4) is 0 Å². The van der Waals surface area contributed by atoms with E-state index in [9.17, 15) is 14.4 Å². The maximum Gasteiger partial charge on any atom is 0.306 e. The van der Waals surface area contributed by atoms with Crippen LogP contribution in [-0.2, 0) is 28.6 Å². The lowest BCUT2D eigenvalue weighted by Gasteiger charge is -2.18. The highest BCUT2D eigenvalue weighted by molar-refractivity contribution is 5.71. The molecule has 66 heavy (non-hydrogen) atoms. The summed E-state index contributed by atoms with van der Waals surface area (Å²) in [5.41, 5.74) is 0. The second kappa shape index (κ2) is 51.3. The lowest BCUT2D eigenvalue weighted by atomic mass is 9.99. The summed E-state index contributed by atoms with van der Waals surface area (Å²) in [5.74, 6) is 1.78. The van der Waals surface area contributed by atoms with Crippen molar-refractivity contribution in [3.05, 3.63) is 0 Å². The Balaban J connectivity index is 4.23. The minimum absolute atomic E-state index is 0.0640. The minimum Gasteiger partial charge on any atom is -0.462 e. The molecule has 0 heterocycles. The van der Waals surface area contributed by atoms with E-state index in [1.54, 1.807) is 0 Å². The molecule has 0 N–H and O–H groups in total. The van der Waals surface area contributed by atoms with Crippen molar-refractivity contribution in [1.29, 1.82) is 0 Å². The molecule has 392 valence electrons. The maximum atomic E-state index is 12.8. The summed E-state index contributed by atoms with van der Waals surface area (Å²) in [4.78, 5) is 38.1. The van der Waals surface area contributed by atoms with E-state index in [1.165, 1.54) is 212 Å². The van der Waals surface area contributed by atoms with Crippen molar-refractivity contribution in [3.63, 3.8) is 0 Å². The van der Waals surface area contributed by atoms with E-state index in [1.807, 2.05) is 0 Å². The van der Waals surface area contributed by atoms with Gasteiger partial charge in [-0.15, -0.1) is 0 Å². The fraction of sp³-hybridized carbons (Fsp3) is 0.950. The lowest BCUT2D eigenvalue weighted by Crippen LogP contribution is -2.30. The molecule has 6 nitrogen and oxygen atoms in total. The first kappa shape index (κ1) is 64.4. The Hall–Kier alpha value is -1.59. The Kier molecular flexibility index (Phi) is 50.0. The molecule has 4 atom stereocenters. The van der Waals surface area contributed by atoms with E-state index in [0.717, 1.165) is 75.5 Å². The minimum atomic E-state index is -0.764. The largest absolute Gasteiger partial charge is 0.462 e. The molecule has 0 rings (SSSR count). The number of carbonyl (C=O) groups excluding carboxylic acids is 3. The van der Waals surface area contributed by atoms with E-state index in [-0.39, 0.29) is 31.1 Å². The van der Waals surface area contributed by atoms with Crippen LogP contribution in [0, 0.1) is 17.8 Å². The standard InChI is InChI=1S/C60H116O6/c1-7-54(4)46-40-34-28-22-18-16-14-12-10-11-13-15-17-19-24-31-37-43-49-58(61)64-52-57(66-60(63)51-45-39-33-27-26-30-36-42-48-56(6)9-3)53-65-59(62)50-44-38-32-25-21-20-23-29-35-41-47-55(5)8-2/h54-57H,7-53H2,1-6H3/t54?,55?,56?,57-/m1/s1. The van der Waals surface area contributed by atoms with E-state index >= 15 is 0 Å². The highest BCUT2D eigenvalue weighted by Crippen LogP contribution is 2.19. The molecule has 0 saturated carbocycles. The summed E-state index contributed by atoms with van der Waals surface area (Å²) in [5, 5.41) is 0. The molecule has 0 bridgehead atoms. The normalized spacial score (nSPS) is 13.4. The predicted octanol–water partition coefficient (Wildman–Crippen LogP) is 19.5. The second-order valence-electron chi connectivity index (χ2n) is 21.4. The molecule has 0 aromatic carbocycles. The molecule has 6 heteroatoms. The van der Waals surface area contributed by atoms with E-state index < -0.39 is 6.10 Å². The van der Waals surface area contributed by atoms with Gasteiger partial charge in [0.15, 0.2) is 6.10 Å². The van der Waals surface area contributed by atoms with Crippen molar-refractivity contribution in [2.24, 2.45) is 17.8 Å². The van der Waals surface area contributed by atoms with E-state index in [2.05, 4.69) is 41.5 Å². The first-order valence-corrected chi connectivity index (χ1v) is 29.7. The highest BCUT2D eigenvalue weighted by Gasteiger charge is 2.19. The van der Waals surface area contributed by atoms with Crippen LogP contribution in [0.5, 0.6) is 0 Å². The lowest BCUT2D eigenvalue weighted by molar-refractivity contribution is -0.167. The summed E-state index contributed by atoms with van der Waals surface area (Å²) in [7, 11) is 0. The van der Waals surface area contributed by atoms with Crippen LogP contribution in [0.4, 0.5) is 0 Å². The van der Waals surface area contributed by atoms with Crippen LogP contribution in [0.25, 0.3) is 0 Å². The van der Waals surface area contributed by atoms with E-state index in [0.29, 0.717) is 19.3 Å². The molecule has 0 fully saturated rings. The molecule has 0 aromatic rings. The van der Waals surface area contributed by atoms with Gasteiger partial charge in [0.1, 0.15) is 13.2 Å². The van der Waals surface area contributed by atoms with Crippen molar-refractivity contribution in [1.82, 2.24) is 0 Å². The predicted molar refractivity (Wildman–Crippen MR) is 284 cm³/mol. The van der Waals surface area contributed by atoms with Crippen molar-refractivity contribution in [2.45, 2.75) is 337 Å². The fourth-order valence-corrected chi connectivity index (χ4v) is 9.08. The smallest absolute Gasteiger partial charge is 0.306 e. The molecule has 0 amide bonds. The first-order chi connectivity index (χ1) is 32.2. The molecule has 0 aliphatic heterocycles. The summed E-state index contributed by atoms with van der Waals surface area (Å²) < 4.78 is 16.9. The van der Waals surface area contributed by atoms with Crippen LogP contribution in [0.15, 0.2) is 0 Å². The van der Waals surface area contributed by atoms with Crippen LogP contribution >= 0.6 is 0 Å². The zero-order chi connectivity index (χ0) is 48.4. The number of ether oxygens (including phenoxy) is 3. The average Bonchev–Trinajstić information content (AvgIpc) is 3.32. The van der Waals surface area contributed by atoms with Crippen LogP contribution < -0.4 is 0 Å². The monoisotopic (exact) mass is 933 g/mol. The molecule has 0 saturated heterocycles. The molecule has 3 unspecified atom stereocenters. The maximum absolute atomic E-state index is 12.8. The quantitative estimate of drug-likeness (QED) is 0.0343. The van der Waals surface area contributed by atoms with Gasteiger partial charge >= 0.3 is 17.9 Å². The number of hydrogen-bond donors (Lipinski definition) is 0. The van der Waals surface area contributed by atoms with Crippen molar-refractivity contribution in [2.75, 3.05) is 13.2 Å². The van der Waals surface area contributed by atoms with Crippen molar-refractivity contribution >= 4 is 17.9 Å². The SMILES string of the molecule is CCC(C)CCCCCCCCCCCCCCCCCCCCC(=O)OC[C@H](COC(=O)CCCCCCCCCCCCC(C)CC)OC(=O)CCCCCCCCCCC(C)CC. The van der Waals surface area contributed by atoms with Gasteiger partial charge in [0.05, 0.1) is 0 Å². The molecule has 0 aliphatic rings. The third kappa shape index (κ3) is 48.9. The van der Waals surface area contributed by atoms with Crippen molar-refractivity contribution < 1.29 is 28.6 Å². The number of unbranched alkanes of at least 4 members (excludes halogenated alkanes) is 33. The molecule has 0 aliphatic carbocycles. The van der Waals surface area contributed by atoms with Gasteiger partial charge < -0.3 is 14.2 Å². The summed E-state index contributed by atoms with van der Waals surface area (Å²) in [6, 6.07) is 0. The summed E-state index contributed by atoms with van der Waals surface area (Å²) >= 11 is 0. The van der Waals surface area contributed by atoms with E-state index in [4.69, 9.17) is 14.2 Å². The molecule has 0 radical (unpaired) electrons. The number of hydrogen-bond acceptors (Lipinski definition) is 6. The number of rotatable bonds is 53. The Morgan fingerprint density at radius 1 is 0.288 bits per heavy atom. The molecule has 0 spiro atoms. The summed E-state index contributed by atoms with van der Waals surface area (Å²) in [6.45, 7) is 13.8. The first-order valence-electron chi connectivity index (χ1n) is 29.7. The topological polar surface area (TPSA) is 78.9 Å². The van der Waals surface area contributed by atoms with Gasteiger partial charge in [-0.2, -0.15) is 0 Å². The van der Waals surface area contributed by atoms with Gasteiger partial charge in [-0.1, -0.05) is 292 Å². The zero-order valence-electron chi connectivity index (χ0n) is 45.5. The van der Waals surface area contributed by atoms with Gasteiger partial charge in [-0.05, 0) is 37.0 Å². The van der Waals surface area contributed by atoms with Gasteiger partial charge in [-0.25, -0.2) is 0 Å². The second-order valence-corrected chi connectivity index (χ2v) is 21.4. The average molecular weight is 934 g/mol. The van der Waals surface area contributed by atoms with Gasteiger partial charge in [0, 0.05) is 19.3 Å². The Labute approximate surface area is 412 Å². The number of esters is 3. The van der Waals surface area contributed by atoms with Crippen LogP contribution in [-0.4, -0.2) is 37.2 Å². The number of carbonyl (C=O) groups is 3. The van der Waals surface area contributed by atoms with Crippen LogP contribution in [0.2, 0.25) is 0 Å². The van der Waals surface area contributed by atoms with Gasteiger partial charge in [-0.3, -0.25) is 14.4 Å². The third-order valence-electron chi connectivity index (χ3n) is 14.7. The van der Waals surface area contributed by atoms with Crippen LogP contribution in [0.1, 0.15) is 330 Å². The van der Waals surface area contributed by atoms with Crippen LogP contribution in [0.3, 0.4) is 0 Å². The Morgan fingerprint density at radius 3 is 0.712 bits per heavy atom. The third-order valence-corrected chi connectivity index (χ3v) is 14.7.